The van der Waals surface area contributed by atoms with Gasteiger partial charge in [-0.25, -0.2) is 0 Å². The van der Waals surface area contributed by atoms with Gasteiger partial charge in [-0.2, -0.15) is 5.10 Å². The molecule has 0 spiro atoms. The van der Waals surface area contributed by atoms with Gasteiger partial charge in [0.05, 0.1) is 28.6 Å². The molecule has 1 aliphatic heterocycles. The molecule has 1 aliphatic rings. The summed E-state index contributed by atoms with van der Waals surface area (Å²) in [4.78, 5) is 2.31. The van der Waals surface area contributed by atoms with E-state index >= 15 is 0 Å². The third-order valence-corrected chi connectivity index (χ3v) is 4.42. The van der Waals surface area contributed by atoms with E-state index in [1.807, 2.05) is 11.7 Å². The van der Waals surface area contributed by atoms with Crippen LogP contribution in [0.1, 0.15) is 18.3 Å². The van der Waals surface area contributed by atoms with E-state index in [0.29, 0.717) is 0 Å². The Morgan fingerprint density at radius 2 is 2.26 bits per heavy atom. The first-order valence-electron chi connectivity index (χ1n) is 6.83. The molecule has 5 nitrogen and oxygen atoms in total. The van der Waals surface area contributed by atoms with Crippen molar-refractivity contribution in [3.8, 4) is 0 Å². The maximum Gasteiger partial charge on any atom is 0.0826 e. The Balaban J connectivity index is 1.84. The second kappa shape index (κ2) is 6.83. The lowest BCUT2D eigenvalue weighted by Gasteiger charge is -2.30. The first-order valence-corrected chi connectivity index (χ1v) is 7.62. The van der Waals surface area contributed by atoms with Gasteiger partial charge in [0.15, 0.2) is 0 Å². The van der Waals surface area contributed by atoms with Gasteiger partial charge in [0, 0.05) is 33.2 Å². The van der Waals surface area contributed by atoms with Gasteiger partial charge in [0.2, 0.25) is 0 Å². The van der Waals surface area contributed by atoms with Crippen molar-refractivity contribution in [2.45, 2.75) is 26.0 Å². The molecule has 0 saturated carbocycles. The van der Waals surface area contributed by atoms with Gasteiger partial charge < -0.3 is 15.0 Å². The second-order valence-electron chi connectivity index (χ2n) is 5.07. The van der Waals surface area contributed by atoms with Crippen LogP contribution >= 0.6 is 15.9 Å². The summed E-state index contributed by atoms with van der Waals surface area (Å²) in [6.45, 7) is 6.68. The summed E-state index contributed by atoms with van der Waals surface area (Å²) in [6.07, 6.45) is 1.24. The van der Waals surface area contributed by atoms with E-state index in [1.165, 1.54) is 5.69 Å². The Labute approximate surface area is 123 Å². The van der Waals surface area contributed by atoms with Crippen LogP contribution < -0.4 is 5.32 Å². The number of nitrogens with zero attached hydrogens (tertiary/aromatic N) is 3. The molecule has 1 fully saturated rings. The Kier molecular flexibility index (Phi) is 5.38. The summed E-state index contributed by atoms with van der Waals surface area (Å²) in [5.41, 5.74) is 2.31. The standard InChI is InChI=1S/C13H23BrN4O/c1-4-11-13(14)12(18(3)16-11)8-15-7-10-9-17(2)5-6-19-10/h10,15H,4-9H2,1-3H3. The van der Waals surface area contributed by atoms with Crippen LogP contribution in [0.3, 0.4) is 0 Å². The van der Waals surface area contributed by atoms with Crippen LogP contribution in [-0.2, 0) is 24.8 Å². The fraction of sp³-hybridized carbons (Fsp3) is 0.769. The molecular weight excluding hydrogens is 308 g/mol. The molecular formula is C13H23BrN4O. The van der Waals surface area contributed by atoms with Crippen molar-refractivity contribution in [1.82, 2.24) is 20.0 Å². The summed E-state index contributed by atoms with van der Waals surface area (Å²) in [7, 11) is 4.13. The van der Waals surface area contributed by atoms with E-state index in [4.69, 9.17) is 4.74 Å². The molecule has 19 heavy (non-hydrogen) atoms. The van der Waals surface area contributed by atoms with Crippen molar-refractivity contribution in [3.05, 3.63) is 15.9 Å². The van der Waals surface area contributed by atoms with Crippen LogP contribution in [0.5, 0.6) is 0 Å². The molecule has 6 heteroatoms. The van der Waals surface area contributed by atoms with Gasteiger partial charge in [0.1, 0.15) is 0 Å². The van der Waals surface area contributed by atoms with Crippen molar-refractivity contribution in [3.63, 3.8) is 0 Å². The lowest BCUT2D eigenvalue weighted by Crippen LogP contribution is -2.44. The van der Waals surface area contributed by atoms with Gasteiger partial charge in [-0.05, 0) is 29.4 Å². The van der Waals surface area contributed by atoms with Gasteiger partial charge in [-0.1, -0.05) is 6.92 Å². The summed E-state index contributed by atoms with van der Waals surface area (Å²) in [6, 6.07) is 0. The van der Waals surface area contributed by atoms with E-state index in [0.717, 1.165) is 49.4 Å². The molecule has 1 aromatic rings. The van der Waals surface area contributed by atoms with Gasteiger partial charge in [-0.3, -0.25) is 4.68 Å². The van der Waals surface area contributed by atoms with Crippen molar-refractivity contribution in [2.75, 3.05) is 33.3 Å². The van der Waals surface area contributed by atoms with Crippen LogP contribution in [0.4, 0.5) is 0 Å². The molecule has 0 bridgehead atoms. The molecule has 1 N–H and O–H groups in total. The molecule has 0 aromatic carbocycles. The maximum absolute atomic E-state index is 5.73. The maximum atomic E-state index is 5.73. The van der Waals surface area contributed by atoms with E-state index < -0.39 is 0 Å². The number of rotatable bonds is 5. The highest BCUT2D eigenvalue weighted by molar-refractivity contribution is 9.10. The lowest BCUT2D eigenvalue weighted by atomic mass is 10.2. The van der Waals surface area contributed by atoms with Crippen LogP contribution in [-0.4, -0.2) is 54.1 Å². The number of aromatic nitrogens is 2. The Bertz CT molecular complexity index is 421. The minimum absolute atomic E-state index is 0.288. The van der Waals surface area contributed by atoms with E-state index in [-0.39, 0.29) is 6.10 Å². The molecule has 1 saturated heterocycles. The number of hydrogen-bond donors (Lipinski definition) is 1. The fourth-order valence-electron chi connectivity index (χ4n) is 2.35. The molecule has 0 amide bonds. The number of morpholine rings is 1. The molecule has 0 aliphatic carbocycles. The number of hydrogen-bond acceptors (Lipinski definition) is 4. The third kappa shape index (κ3) is 3.78. The smallest absolute Gasteiger partial charge is 0.0826 e. The minimum atomic E-state index is 0.288. The topological polar surface area (TPSA) is 42.3 Å². The fourth-order valence-corrected chi connectivity index (χ4v) is 3.11. The minimum Gasteiger partial charge on any atom is -0.374 e. The van der Waals surface area contributed by atoms with E-state index in [9.17, 15) is 0 Å². The van der Waals surface area contributed by atoms with Gasteiger partial charge in [-0.15, -0.1) is 0 Å². The summed E-state index contributed by atoms with van der Waals surface area (Å²) in [5, 5.41) is 7.96. The summed E-state index contributed by atoms with van der Waals surface area (Å²) < 4.78 is 8.81. The average Bonchev–Trinajstić information content (AvgIpc) is 2.66. The largest absolute Gasteiger partial charge is 0.374 e. The summed E-state index contributed by atoms with van der Waals surface area (Å²) in [5.74, 6) is 0. The van der Waals surface area contributed by atoms with Crippen LogP contribution in [0.25, 0.3) is 0 Å². The van der Waals surface area contributed by atoms with E-state index in [1.54, 1.807) is 0 Å². The lowest BCUT2D eigenvalue weighted by molar-refractivity contribution is -0.0182. The number of nitrogens with one attached hydrogen (secondary N) is 1. The zero-order valence-electron chi connectivity index (χ0n) is 11.9. The Morgan fingerprint density at radius 3 is 2.89 bits per heavy atom. The molecule has 1 unspecified atom stereocenters. The number of likely N-dealkylation sites (N-methyl/N-ethyl adjacent to an activating group) is 1. The molecule has 108 valence electrons. The molecule has 1 aromatic heterocycles. The first-order chi connectivity index (χ1) is 9.11. The van der Waals surface area contributed by atoms with Crippen molar-refractivity contribution >= 4 is 15.9 Å². The second-order valence-corrected chi connectivity index (χ2v) is 5.86. The molecule has 0 radical (unpaired) electrons. The zero-order chi connectivity index (χ0) is 13.8. The van der Waals surface area contributed by atoms with E-state index in [2.05, 4.69) is 45.2 Å². The highest BCUT2D eigenvalue weighted by Crippen LogP contribution is 2.21. The molecule has 2 rings (SSSR count). The normalized spacial score (nSPS) is 20.9. The SMILES string of the molecule is CCc1nn(C)c(CNCC2CN(C)CCO2)c1Br. The quantitative estimate of drug-likeness (QED) is 0.879. The third-order valence-electron chi connectivity index (χ3n) is 3.51. The molecule has 1 atom stereocenters. The van der Waals surface area contributed by atoms with Crippen LogP contribution in [0, 0.1) is 0 Å². The average molecular weight is 331 g/mol. The van der Waals surface area contributed by atoms with Crippen LogP contribution in [0.15, 0.2) is 4.47 Å². The Hall–Kier alpha value is -0.430. The molecule has 2 heterocycles. The monoisotopic (exact) mass is 330 g/mol. The predicted octanol–water partition coefficient (Wildman–Crippen LogP) is 1.17. The summed E-state index contributed by atoms with van der Waals surface area (Å²) >= 11 is 3.64. The zero-order valence-corrected chi connectivity index (χ0v) is 13.5. The Morgan fingerprint density at radius 1 is 1.47 bits per heavy atom. The van der Waals surface area contributed by atoms with Gasteiger partial charge in [0.25, 0.3) is 0 Å². The van der Waals surface area contributed by atoms with Crippen LogP contribution in [0.2, 0.25) is 0 Å². The van der Waals surface area contributed by atoms with Gasteiger partial charge >= 0.3 is 0 Å². The van der Waals surface area contributed by atoms with Crippen molar-refractivity contribution < 1.29 is 4.74 Å². The van der Waals surface area contributed by atoms with Crippen molar-refractivity contribution in [1.29, 1.82) is 0 Å². The highest BCUT2D eigenvalue weighted by atomic mass is 79.9. The highest BCUT2D eigenvalue weighted by Gasteiger charge is 2.18. The number of aryl methyl sites for hydroxylation is 2. The first kappa shape index (κ1) is 15.0. The van der Waals surface area contributed by atoms with Crippen molar-refractivity contribution in [2.24, 2.45) is 7.05 Å². The number of halogens is 1. The predicted molar refractivity (Wildman–Crippen MR) is 79.2 cm³/mol. The number of ether oxygens (including phenoxy) is 1.